The van der Waals surface area contributed by atoms with Crippen molar-refractivity contribution in [1.82, 2.24) is 0 Å². The largest absolute Gasteiger partial charge is 0.395 e. The third-order valence-corrected chi connectivity index (χ3v) is 1.20. The van der Waals surface area contributed by atoms with Crippen LogP contribution in [0.2, 0.25) is 0 Å². The number of Topliss-reactive ketones (excluding diaryl/α,β-unsaturated/α-hetero) is 1. The number of nitrogens with two attached hydrogens (primary N) is 1. The highest BCUT2D eigenvalue weighted by Gasteiger charge is 2.03. The van der Waals surface area contributed by atoms with E-state index in [1.165, 1.54) is 0 Å². The van der Waals surface area contributed by atoms with E-state index in [1.807, 2.05) is 0 Å². The quantitative estimate of drug-likeness (QED) is 0.449. The van der Waals surface area contributed by atoms with Gasteiger partial charge < -0.3 is 15.9 Å². The number of aliphatic hydroxyl groups is 2. The Morgan fingerprint density at radius 1 is 1.50 bits per heavy atom. The highest BCUT2D eigenvalue weighted by Crippen LogP contribution is 1.93. The van der Waals surface area contributed by atoms with Gasteiger partial charge in [0.1, 0.15) is 6.61 Å². The molecule has 0 aliphatic carbocycles. The summed E-state index contributed by atoms with van der Waals surface area (Å²) in [4.78, 5) is 10.4. The summed E-state index contributed by atoms with van der Waals surface area (Å²) in [5, 5.41) is 16.7. The number of hydrogen-bond acceptors (Lipinski definition) is 4. The van der Waals surface area contributed by atoms with Crippen molar-refractivity contribution in [3.8, 4) is 0 Å². The molecule has 0 aromatic rings. The van der Waals surface area contributed by atoms with Crippen LogP contribution in [0.4, 0.5) is 0 Å². The van der Waals surface area contributed by atoms with Crippen LogP contribution in [0.25, 0.3) is 0 Å². The fraction of sp³-hybridized carbons (Fsp3) is 0.833. The molecule has 0 unspecified atom stereocenters. The van der Waals surface area contributed by atoms with Crippen LogP contribution in [0.3, 0.4) is 0 Å². The third-order valence-electron chi connectivity index (χ3n) is 1.20. The van der Waals surface area contributed by atoms with E-state index in [0.717, 1.165) is 0 Å². The molecule has 4 heteroatoms. The fourth-order valence-electron chi connectivity index (χ4n) is 0.517. The number of carbonyl (C=O) groups is 1. The van der Waals surface area contributed by atoms with Gasteiger partial charge in [-0.25, -0.2) is 0 Å². The molecule has 0 spiro atoms. The van der Waals surface area contributed by atoms with Crippen molar-refractivity contribution in [2.45, 2.75) is 18.9 Å². The Balaban J connectivity index is 3.26. The highest BCUT2D eigenvalue weighted by molar-refractivity contribution is 5.79. The Labute approximate surface area is 59.7 Å². The average molecular weight is 147 g/mol. The SMILES string of the molecule is N[C@@H](CO)CCC(=O)CO. The molecule has 60 valence electrons. The van der Waals surface area contributed by atoms with Crippen molar-refractivity contribution in [2.75, 3.05) is 13.2 Å². The molecule has 0 heterocycles. The minimum atomic E-state index is -0.432. The Hall–Kier alpha value is -0.450. The topological polar surface area (TPSA) is 83.5 Å². The van der Waals surface area contributed by atoms with Gasteiger partial charge in [-0.15, -0.1) is 0 Å². The molecule has 4 N–H and O–H groups in total. The standard InChI is InChI=1S/C6H13NO3/c7-5(3-8)1-2-6(10)4-9/h5,8-9H,1-4,7H2/t5-/m1/s1. The van der Waals surface area contributed by atoms with Crippen molar-refractivity contribution >= 4 is 5.78 Å². The van der Waals surface area contributed by atoms with Gasteiger partial charge in [0, 0.05) is 12.5 Å². The first-order chi connectivity index (χ1) is 4.70. The van der Waals surface area contributed by atoms with Gasteiger partial charge in [0.25, 0.3) is 0 Å². The van der Waals surface area contributed by atoms with Gasteiger partial charge in [-0.1, -0.05) is 0 Å². The lowest BCUT2D eigenvalue weighted by Gasteiger charge is -2.04. The Bertz CT molecular complexity index is 105. The normalized spacial score (nSPS) is 13.1. The zero-order chi connectivity index (χ0) is 7.98. The van der Waals surface area contributed by atoms with Crippen LogP contribution in [-0.2, 0) is 4.79 Å². The molecule has 0 aliphatic rings. The molecule has 4 nitrogen and oxygen atoms in total. The van der Waals surface area contributed by atoms with Crippen molar-refractivity contribution in [3.05, 3.63) is 0 Å². The summed E-state index contributed by atoms with van der Waals surface area (Å²) in [6.45, 7) is -0.545. The van der Waals surface area contributed by atoms with Gasteiger partial charge in [-0.3, -0.25) is 4.79 Å². The van der Waals surface area contributed by atoms with Crippen LogP contribution in [-0.4, -0.2) is 35.3 Å². The lowest BCUT2D eigenvalue weighted by atomic mass is 10.1. The summed E-state index contributed by atoms with van der Waals surface area (Å²) < 4.78 is 0. The zero-order valence-electron chi connectivity index (χ0n) is 5.79. The van der Waals surface area contributed by atoms with Crippen molar-refractivity contribution < 1.29 is 15.0 Å². The molecule has 10 heavy (non-hydrogen) atoms. The molecule has 0 radical (unpaired) electrons. The van der Waals surface area contributed by atoms with Crippen molar-refractivity contribution in [2.24, 2.45) is 5.73 Å². The monoisotopic (exact) mass is 147 g/mol. The number of rotatable bonds is 5. The van der Waals surface area contributed by atoms with Gasteiger partial charge >= 0.3 is 0 Å². The van der Waals surface area contributed by atoms with E-state index in [1.54, 1.807) is 0 Å². The lowest BCUT2D eigenvalue weighted by Crippen LogP contribution is -2.25. The second-order valence-electron chi connectivity index (χ2n) is 2.18. The molecule has 0 bridgehead atoms. The van der Waals surface area contributed by atoms with Crippen molar-refractivity contribution in [1.29, 1.82) is 0 Å². The molecular formula is C6H13NO3. The number of carbonyl (C=O) groups excluding carboxylic acids is 1. The maximum absolute atomic E-state index is 10.4. The van der Waals surface area contributed by atoms with Crippen LogP contribution in [0.5, 0.6) is 0 Å². The Morgan fingerprint density at radius 3 is 2.50 bits per heavy atom. The second-order valence-corrected chi connectivity index (χ2v) is 2.18. The average Bonchev–Trinajstić information content (AvgIpc) is 1.99. The van der Waals surface area contributed by atoms with Crippen LogP contribution < -0.4 is 5.73 Å². The first-order valence-corrected chi connectivity index (χ1v) is 3.19. The fourth-order valence-corrected chi connectivity index (χ4v) is 0.517. The van der Waals surface area contributed by atoms with E-state index in [0.29, 0.717) is 6.42 Å². The smallest absolute Gasteiger partial charge is 0.158 e. The zero-order valence-corrected chi connectivity index (χ0v) is 5.79. The van der Waals surface area contributed by atoms with Gasteiger partial charge in [-0.05, 0) is 6.42 Å². The summed E-state index contributed by atoms with van der Waals surface area (Å²) in [7, 11) is 0. The lowest BCUT2D eigenvalue weighted by molar-refractivity contribution is -0.121. The third kappa shape index (κ3) is 4.43. The van der Waals surface area contributed by atoms with Crippen LogP contribution in [0.15, 0.2) is 0 Å². The van der Waals surface area contributed by atoms with E-state index in [2.05, 4.69) is 0 Å². The molecule has 0 aromatic heterocycles. The summed E-state index contributed by atoms with van der Waals surface area (Å²) in [6.07, 6.45) is 0.689. The maximum atomic E-state index is 10.4. The van der Waals surface area contributed by atoms with Gasteiger partial charge in [0.2, 0.25) is 0 Å². The molecule has 0 aromatic carbocycles. The minimum absolute atomic E-state index is 0.112. The molecule has 0 amide bonds. The van der Waals surface area contributed by atoms with Crippen LogP contribution in [0.1, 0.15) is 12.8 Å². The van der Waals surface area contributed by atoms with E-state index < -0.39 is 6.61 Å². The number of ketones is 1. The van der Waals surface area contributed by atoms with Crippen molar-refractivity contribution in [3.63, 3.8) is 0 Å². The van der Waals surface area contributed by atoms with E-state index in [9.17, 15) is 4.79 Å². The Kier molecular flexibility index (Phi) is 5.10. The van der Waals surface area contributed by atoms with Gasteiger partial charge in [0.15, 0.2) is 5.78 Å². The van der Waals surface area contributed by atoms with E-state index >= 15 is 0 Å². The van der Waals surface area contributed by atoms with Gasteiger partial charge in [0.05, 0.1) is 6.61 Å². The molecule has 0 saturated heterocycles. The Morgan fingerprint density at radius 2 is 2.10 bits per heavy atom. The molecular weight excluding hydrogens is 134 g/mol. The van der Waals surface area contributed by atoms with Gasteiger partial charge in [-0.2, -0.15) is 0 Å². The maximum Gasteiger partial charge on any atom is 0.158 e. The predicted molar refractivity (Wildman–Crippen MR) is 36.4 cm³/mol. The summed E-state index contributed by atoms with van der Waals surface area (Å²) >= 11 is 0. The minimum Gasteiger partial charge on any atom is -0.395 e. The number of aliphatic hydroxyl groups excluding tert-OH is 2. The molecule has 0 rings (SSSR count). The molecule has 1 atom stereocenters. The summed E-state index contributed by atoms with van der Waals surface area (Å²) in [5.41, 5.74) is 5.29. The molecule has 0 aliphatic heterocycles. The first kappa shape index (κ1) is 9.55. The second kappa shape index (κ2) is 5.34. The number of hydrogen-bond donors (Lipinski definition) is 3. The summed E-state index contributed by atoms with van der Waals surface area (Å²) in [5.74, 6) is -0.232. The van der Waals surface area contributed by atoms with Crippen LogP contribution in [0, 0.1) is 0 Å². The van der Waals surface area contributed by atoms with Crippen LogP contribution >= 0.6 is 0 Å². The molecule has 0 saturated carbocycles. The first-order valence-electron chi connectivity index (χ1n) is 3.19. The predicted octanol–water partition coefficient (Wildman–Crippen LogP) is -1.35. The van der Waals surface area contributed by atoms with E-state index in [-0.39, 0.29) is 24.9 Å². The highest BCUT2D eigenvalue weighted by atomic mass is 16.3. The summed E-state index contributed by atoms with van der Waals surface area (Å²) in [6, 6.07) is -0.338. The van der Waals surface area contributed by atoms with E-state index in [4.69, 9.17) is 15.9 Å². The molecule has 0 fully saturated rings.